The molecule has 24 heavy (non-hydrogen) atoms. The van der Waals surface area contributed by atoms with Crippen molar-refractivity contribution in [2.75, 3.05) is 18.4 Å². The Morgan fingerprint density at radius 2 is 2.04 bits per heavy atom. The molecular weight excluding hydrogens is 365 g/mol. The number of amides is 1. The number of rotatable bonds is 5. The Morgan fingerprint density at radius 3 is 2.67 bits per heavy atom. The molecule has 1 saturated heterocycles. The van der Waals surface area contributed by atoms with Crippen LogP contribution in [0, 0.1) is 5.92 Å². The van der Waals surface area contributed by atoms with Gasteiger partial charge in [0.15, 0.2) is 0 Å². The van der Waals surface area contributed by atoms with E-state index in [4.69, 9.17) is 0 Å². The summed E-state index contributed by atoms with van der Waals surface area (Å²) in [7, 11) is 0. The number of nitrogens with zero attached hydrogens (tertiary/aromatic N) is 1. The number of benzene rings is 1. The lowest BCUT2D eigenvalue weighted by Crippen LogP contribution is -2.24. The summed E-state index contributed by atoms with van der Waals surface area (Å²) in [5.74, 6) is 1.10. The first-order valence-electron chi connectivity index (χ1n) is 7.44. The van der Waals surface area contributed by atoms with E-state index in [2.05, 4.69) is 21.7 Å². The van der Waals surface area contributed by atoms with Crippen molar-refractivity contribution in [2.24, 2.45) is 5.92 Å². The largest absolute Gasteiger partial charge is 0.326 e. The molecule has 0 aliphatic carbocycles. The lowest BCUT2D eigenvalue weighted by Gasteiger charge is -2.10. The molecule has 1 aromatic heterocycles. The number of hydrogen-bond acceptors (Lipinski definition) is 4. The van der Waals surface area contributed by atoms with Crippen molar-refractivity contribution in [2.45, 2.75) is 17.1 Å². The number of aromatic nitrogens is 1. The maximum Gasteiger partial charge on any atom is 0.228 e. The fraction of sp³-hybridized carbons (Fsp3) is 0.294. The Hall–Kier alpha value is -1.27. The molecular formula is C17H21Cl2N3OS. The lowest BCUT2D eigenvalue weighted by atomic mass is 10.1. The van der Waals surface area contributed by atoms with Crippen molar-refractivity contribution in [3.05, 3.63) is 54.4 Å². The zero-order valence-electron chi connectivity index (χ0n) is 13.1. The molecule has 1 unspecified atom stereocenters. The highest BCUT2D eigenvalue weighted by Crippen LogP contribution is 2.24. The van der Waals surface area contributed by atoms with E-state index in [0.29, 0.717) is 0 Å². The monoisotopic (exact) mass is 385 g/mol. The summed E-state index contributed by atoms with van der Waals surface area (Å²) in [4.78, 5) is 17.3. The van der Waals surface area contributed by atoms with E-state index in [1.165, 1.54) is 10.5 Å². The smallest absolute Gasteiger partial charge is 0.228 e. The fourth-order valence-corrected chi connectivity index (χ4v) is 3.24. The highest BCUT2D eigenvalue weighted by molar-refractivity contribution is 7.98. The van der Waals surface area contributed by atoms with Gasteiger partial charge < -0.3 is 10.6 Å². The van der Waals surface area contributed by atoms with E-state index in [0.717, 1.165) is 31.0 Å². The van der Waals surface area contributed by atoms with Gasteiger partial charge in [0.1, 0.15) is 0 Å². The van der Waals surface area contributed by atoms with Crippen LogP contribution in [0.3, 0.4) is 0 Å². The van der Waals surface area contributed by atoms with E-state index in [1.807, 2.05) is 36.5 Å². The molecule has 2 heterocycles. The van der Waals surface area contributed by atoms with Crippen molar-refractivity contribution in [3.8, 4) is 0 Å². The van der Waals surface area contributed by atoms with E-state index >= 15 is 0 Å². The molecule has 1 aliphatic rings. The second-order valence-electron chi connectivity index (χ2n) is 5.35. The van der Waals surface area contributed by atoms with Gasteiger partial charge in [0.05, 0.1) is 5.92 Å². The highest BCUT2D eigenvalue weighted by Gasteiger charge is 2.22. The van der Waals surface area contributed by atoms with Gasteiger partial charge in [-0.25, -0.2) is 0 Å². The van der Waals surface area contributed by atoms with Crippen molar-refractivity contribution in [3.63, 3.8) is 0 Å². The van der Waals surface area contributed by atoms with Crippen LogP contribution < -0.4 is 10.6 Å². The van der Waals surface area contributed by atoms with Crippen LogP contribution in [0.25, 0.3) is 0 Å². The number of thioether (sulfide) groups is 1. The third-order valence-corrected chi connectivity index (χ3v) is 4.76. The molecule has 0 radical (unpaired) electrons. The molecule has 1 amide bonds. The van der Waals surface area contributed by atoms with Gasteiger partial charge in [0.2, 0.25) is 5.91 Å². The van der Waals surface area contributed by atoms with E-state index < -0.39 is 0 Å². The van der Waals surface area contributed by atoms with Crippen LogP contribution in [0.5, 0.6) is 0 Å². The van der Waals surface area contributed by atoms with Crippen LogP contribution >= 0.6 is 36.6 Å². The summed E-state index contributed by atoms with van der Waals surface area (Å²) < 4.78 is 0. The number of pyridine rings is 1. The lowest BCUT2D eigenvalue weighted by molar-refractivity contribution is -0.119. The maximum absolute atomic E-state index is 12.0. The second-order valence-corrected chi connectivity index (χ2v) is 6.40. The molecule has 0 spiro atoms. The molecule has 1 aromatic carbocycles. The summed E-state index contributed by atoms with van der Waals surface area (Å²) in [5.41, 5.74) is 2.07. The van der Waals surface area contributed by atoms with Crippen molar-refractivity contribution in [1.29, 1.82) is 0 Å². The average molecular weight is 386 g/mol. The SMILES string of the molecule is Cl.Cl.O=C(Nc1ccc(SCc2cccnc2)cc1)C1CCNC1. The summed E-state index contributed by atoms with van der Waals surface area (Å²) in [6, 6.07) is 12.0. The Kier molecular flexibility index (Phi) is 9.14. The summed E-state index contributed by atoms with van der Waals surface area (Å²) in [6.45, 7) is 1.72. The zero-order valence-corrected chi connectivity index (χ0v) is 15.6. The Morgan fingerprint density at radius 1 is 1.25 bits per heavy atom. The van der Waals surface area contributed by atoms with Gasteiger partial charge in [0, 0.05) is 35.3 Å². The van der Waals surface area contributed by atoms with E-state index in [-0.39, 0.29) is 36.6 Å². The average Bonchev–Trinajstić information content (AvgIpc) is 3.10. The third-order valence-electron chi connectivity index (χ3n) is 3.68. The van der Waals surface area contributed by atoms with Gasteiger partial charge in [-0.05, 0) is 48.9 Å². The molecule has 2 N–H and O–H groups in total. The number of anilines is 1. The first-order chi connectivity index (χ1) is 10.8. The van der Waals surface area contributed by atoms with E-state index in [9.17, 15) is 4.79 Å². The molecule has 7 heteroatoms. The molecule has 0 bridgehead atoms. The topological polar surface area (TPSA) is 54.0 Å². The van der Waals surface area contributed by atoms with E-state index in [1.54, 1.807) is 18.0 Å². The van der Waals surface area contributed by atoms with Crippen molar-refractivity contribution in [1.82, 2.24) is 10.3 Å². The molecule has 1 aliphatic heterocycles. The van der Waals surface area contributed by atoms with Gasteiger partial charge >= 0.3 is 0 Å². The molecule has 1 fully saturated rings. The summed E-state index contributed by atoms with van der Waals surface area (Å²) in [6.07, 6.45) is 4.59. The first kappa shape index (κ1) is 20.8. The van der Waals surface area contributed by atoms with Crippen LogP contribution in [0.1, 0.15) is 12.0 Å². The fourth-order valence-electron chi connectivity index (χ4n) is 2.41. The number of carbonyl (C=O) groups excluding carboxylic acids is 1. The minimum atomic E-state index is 0. The Balaban J connectivity index is 0.00000144. The minimum absolute atomic E-state index is 0. The second kappa shape index (κ2) is 10.6. The van der Waals surface area contributed by atoms with Crippen molar-refractivity contribution < 1.29 is 4.79 Å². The summed E-state index contributed by atoms with van der Waals surface area (Å²) >= 11 is 1.76. The number of carbonyl (C=O) groups is 1. The molecule has 4 nitrogen and oxygen atoms in total. The standard InChI is InChI=1S/C17H19N3OS.2ClH/c21-17(14-7-9-19-11-14)20-15-3-5-16(6-4-15)22-12-13-2-1-8-18-10-13;;/h1-6,8,10,14,19H,7,9,11-12H2,(H,20,21);2*1H. The number of nitrogens with one attached hydrogen (secondary N) is 2. The molecule has 0 saturated carbocycles. The Bertz CT molecular complexity index is 619. The highest BCUT2D eigenvalue weighted by atomic mass is 35.5. The number of halogens is 2. The zero-order chi connectivity index (χ0) is 15.2. The van der Waals surface area contributed by atoms with Crippen molar-refractivity contribution >= 4 is 48.2 Å². The number of hydrogen-bond donors (Lipinski definition) is 2. The molecule has 1 atom stereocenters. The van der Waals surface area contributed by atoms with Gasteiger partial charge in [-0.15, -0.1) is 36.6 Å². The van der Waals surface area contributed by atoms with Gasteiger partial charge in [-0.2, -0.15) is 0 Å². The maximum atomic E-state index is 12.0. The minimum Gasteiger partial charge on any atom is -0.326 e. The van der Waals surface area contributed by atoms with Crippen LogP contribution in [-0.2, 0) is 10.5 Å². The molecule has 2 aromatic rings. The molecule has 3 rings (SSSR count). The normalized spacial score (nSPS) is 15.9. The first-order valence-corrected chi connectivity index (χ1v) is 8.43. The summed E-state index contributed by atoms with van der Waals surface area (Å²) in [5, 5.41) is 6.20. The Labute approximate surface area is 159 Å². The van der Waals surface area contributed by atoms with Gasteiger partial charge in [-0.1, -0.05) is 6.07 Å². The third kappa shape index (κ3) is 5.98. The van der Waals surface area contributed by atoms with Gasteiger partial charge in [-0.3, -0.25) is 9.78 Å². The predicted octanol–water partition coefficient (Wildman–Crippen LogP) is 3.77. The predicted molar refractivity (Wildman–Crippen MR) is 104 cm³/mol. The van der Waals surface area contributed by atoms with Crippen LogP contribution in [0.2, 0.25) is 0 Å². The van der Waals surface area contributed by atoms with Crippen LogP contribution in [0.4, 0.5) is 5.69 Å². The van der Waals surface area contributed by atoms with Gasteiger partial charge in [0.25, 0.3) is 0 Å². The van der Waals surface area contributed by atoms with Crippen LogP contribution in [0.15, 0.2) is 53.7 Å². The molecule has 130 valence electrons. The van der Waals surface area contributed by atoms with Crippen LogP contribution in [-0.4, -0.2) is 24.0 Å². The quantitative estimate of drug-likeness (QED) is 0.769.